The van der Waals surface area contributed by atoms with E-state index in [-0.39, 0.29) is 10.9 Å². The fraction of sp³-hybridized carbons (Fsp3) is 0.300. The number of carbonyl (C=O) groups excluding carboxylic acids is 1. The Morgan fingerprint density at radius 1 is 1.53 bits per heavy atom. The maximum atomic E-state index is 12.9. The number of hydroxylamine groups is 2. The van der Waals surface area contributed by atoms with Crippen LogP contribution >= 0.6 is 11.6 Å². The second-order valence-corrected chi connectivity index (χ2v) is 3.63. The first-order chi connectivity index (χ1) is 7.18. The lowest BCUT2D eigenvalue weighted by Gasteiger charge is -2.13. The van der Waals surface area contributed by atoms with Gasteiger partial charge in [-0.05, 0) is 24.6 Å². The summed E-state index contributed by atoms with van der Waals surface area (Å²) in [5.74, 6) is -0.815. The van der Waals surface area contributed by atoms with E-state index in [2.05, 4.69) is 0 Å². The zero-order chi connectivity index (χ0) is 10.8. The highest BCUT2D eigenvalue weighted by atomic mass is 35.5. The third-order valence-electron chi connectivity index (χ3n) is 2.15. The zero-order valence-electron chi connectivity index (χ0n) is 7.87. The van der Waals surface area contributed by atoms with Crippen LogP contribution in [0, 0.1) is 5.82 Å². The Morgan fingerprint density at radius 2 is 2.33 bits per heavy atom. The third kappa shape index (κ3) is 2.11. The van der Waals surface area contributed by atoms with Crippen molar-refractivity contribution < 1.29 is 14.0 Å². The largest absolute Gasteiger partial charge is 0.277 e. The molecule has 0 unspecified atom stereocenters. The molecule has 1 aromatic carbocycles. The summed E-state index contributed by atoms with van der Waals surface area (Å²) in [6, 6.07) is 3.87. The molecule has 0 bridgehead atoms. The number of rotatable bonds is 1. The van der Waals surface area contributed by atoms with Crippen molar-refractivity contribution in [3.63, 3.8) is 0 Å². The van der Waals surface area contributed by atoms with Crippen LogP contribution in [0.1, 0.15) is 16.8 Å². The molecule has 0 aliphatic carbocycles. The molecule has 5 heteroatoms. The van der Waals surface area contributed by atoms with Gasteiger partial charge in [-0.15, -0.1) is 0 Å². The van der Waals surface area contributed by atoms with E-state index in [1.807, 2.05) is 0 Å². The van der Waals surface area contributed by atoms with Crippen LogP contribution in [0.5, 0.6) is 0 Å². The SMILES string of the molecule is O=C(c1ccc(F)c(Cl)c1)N1CCCO1. The average molecular weight is 230 g/mol. The Hall–Kier alpha value is -1.13. The molecular formula is C10H9ClFNO2. The van der Waals surface area contributed by atoms with Crippen molar-refractivity contribution in [2.75, 3.05) is 13.2 Å². The normalized spacial score (nSPS) is 15.7. The molecule has 2 rings (SSSR count). The molecule has 1 amide bonds. The Bertz CT molecular complexity index is 391. The van der Waals surface area contributed by atoms with E-state index < -0.39 is 5.82 Å². The topological polar surface area (TPSA) is 29.5 Å². The second-order valence-electron chi connectivity index (χ2n) is 3.22. The van der Waals surface area contributed by atoms with Gasteiger partial charge in [0.1, 0.15) is 5.82 Å². The van der Waals surface area contributed by atoms with Crippen LogP contribution in [0.4, 0.5) is 4.39 Å². The molecule has 15 heavy (non-hydrogen) atoms. The Kier molecular flexibility index (Phi) is 2.88. The van der Waals surface area contributed by atoms with E-state index >= 15 is 0 Å². The summed E-state index contributed by atoms with van der Waals surface area (Å²) in [5.41, 5.74) is 0.336. The predicted molar refractivity (Wildman–Crippen MR) is 53.0 cm³/mol. The van der Waals surface area contributed by atoms with Crippen molar-refractivity contribution in [3.8, 4) is 0 Å². The van der Waals surface area contributed by atoms with Crippen LogP contribution in [0.15, 0.2) is 18.2 Å². The van der Waals surface area contributed by atoms with Gasteiger partial charge in [0, 0.05) is 5.56 Å². The number of nitrogens with zero attached hydrogens (tertiary/aromatic N) is 1. The minimum absolute atomic E-state index is 0.0555. The van der Waals surface area contributed by atoms with Crippen LogP contribution in [0.25, 0.3) is 0 Å². The van der Waals surface area contributed by atoms with E-state index in [9.17, 15) is 9.18 Å². The van der Waals surface area contributed by atoms with Gasteiger partial charge in [-0.1, -0.05) is 11.6 Å². The highest BCUT2D eigenvalue weighted by Crippen LogP contribution is 2.18. The predicted octanol–water partition coefficient (Wildman–Crippen LogP) is 2.26. The zero-order valence-corrected chi connectivity index (χ0v) is 8.63. The summed E-state index contributed by atoms with van der Waals surface area (Å²) in [4.78, 5) is 16.8. The molecule has 1 aliphatic heterocycles. The minimum atomic E-state index is -0.532. The summed E-state index contributed by atoms with van der Waals surface area (Å²) in [7, 11) is 0. The summed E-state index contributed by atoms with van der Waals surface area (Å²) in [6.07, 6.45) is 0.820. The van der Waals surface area contributed by atoms with Crippen molar-refractivity contribution in [1.82, 2.24) is 5.06 Å². The van der Waals surface area contributed by atoms with E-state index in [4.69, 9.17) is 16.4 Å². The maximum Gasteiger partial charge on any atom is 0.277 e. The van der Waals surface area contributed by atoms with Crippen LogP contribution in [-0.4, -0.2) is 24.1 Å². The van der Waals surface area contributed by atoms with Gasteiger partial charge in [0.2, 0.25) is 0 Å². The fourth-order valence-corrected chi connectivity index (χ4v) is 1.56. The Balaban J connectivity index is 2.21. The van der Waals surface area contributed by atoms with Gasteiger partial charge in [0.05, 0.1) is 18.2 Å². The maximum absolute atomic E-state index is 12.9. The Labute approximate surface area is 91.3 Å². The van der Waals surface area contributed by atoms with Crippen molar-refractivity contribution in [2.45, 2.75) is 6.42 Å². The van der Waals surface area contributed by atoms with Gasteiger partial charge in [-0.2, -0.15) is 0 Å². The average Bonchev–Trinajstić information content (AvgIpc) is 2.74. The molecule has 1 fully saturated rings. The van der Waals surface area contributed by atoms with Gasteiger partial charge < -0.3 is 0 Å². The van der Waals surface area contributed by atoms with E-state index in [1.54, 1.807) is 0 Å². The number of hydrogen-bond acceptors (Lipinski definition) is 2. The third-order valence-corrected chi connectivity index (χ3v) is 2.44. The number of hydrogen-bond donors (Lipinski definition) is 0. The van der Waals surface area contributed by atoms with Crippen molar-refractivity contribution in [2.24, 2.45) is 0 Å². The molecule has 0 aromatic heterocycles. The summed E-state index contributed by atoms with van der Waals surface area (Å²) in [5, 5.41) is 1.21. The number of halogens is 2. The van der Waals surface area contributed by atoms with Crippen molar-refractivity contribution >= 4 is 17.5 Å². The van der Waals surface area contributed by atoms with Gasteiger partial charge in [-0.25, -0.2) is 9.45 Å². The molecule has 0 spiro atoms. The molecule has 1 aliphatic rings. The molecule has 1 saturated heterocycles. The Morgan fingerprint density at radius 3 is 2.93 bits per heavy atom. The molecule has 0 N–H and O–H groups in total. The fourth-order valence-electron chi connectivity index (χ4n) is 1.38. The lowest BCUT2D eigenvalue weighted by atomic mass is 10.2. The van der Waals surface area contributed by atoms with Crippen LogP contribution in [0.3, 0.4) is 0 Å². The van der Waals surface area contributed by atoms with Crippen LogP contribution < -0.4 is 0 Å². The number of carbonyl (C=O) groups is 1. The highest BCUT2D eigenvalue weighted by molar-refractivity contribution is 6.31. The summed E-state index contributed by atoms with van der Waals surface area (Å²) >= 11 is 5.58. The minimum Gasteiger partial charge on any atom is -0.271 e. The van der Waals surface area contributed by atoms with Crippen molar-refractivity contribution in [3.05, 3.63) is 34.6 Å². The quantitative estimate of drug-likeness (QED) is 0.739. The number of amides is 1. The van der Waals surface area contributed by atoms with Gasteiger partial charge in [0.15, 0.2) is 0 Å². The van der Waals surface area contributed by atoms with Crippen LogP contribution in [-0.2, 0) is 4.84 Å². The first-order valence-electron chi connectivity index (χ1n) is 4.58. The number of benzene rings is 1. The lowest BCUT2D eigenvalue weighted by molar-refractivity contribution is -0.0768. The second kappa shape index (κ2) is 4.16. The first-order valence-corrected chi connectivity index (χ1v) is 4.96. The standard InChI is InChI=1S/C10H9ClFNO2/c11-8-6-7(2-3-9(8)12)10(14)13-4-1-5-15-13/h2-3,6H,1,4-5H2. The van der Waals surface area contributed by atoms with Gasteiger partial charge >= 0.3 is 0 Å². The molecule has 0 radical (unpaired) electrons. The molecule has 80 valence electrons. The molecule has 1 aromatic rings. The highest BCUT2D eigenvalue weighted by Gasteiger charge is 2.21. The van der Waals surface area contributed by atoms with Gasteiger partial charge in [0.25, 0.3) is 5.91 Å². The van der Waals surface area contributed by atoms with Gasteiger partial charge in [-0.3, -0.25) is 9.63 Å². The van der Waals surface area contributed by atoms with E-state index in [1.165, 1.54) is 23.3 Å². The molecule has 1 heterocycles. The monoisotopic (exact) mass is 229 g/mol. The van der Waals surface area contributed by atoms with E-state index in [0.717, 1.165) is 6.42 Å². The molecule has 3 nitrogen and oxygen atoms in total. The smallest absolute Gasteiger partial charge is 0.271 e. The molecule has 0 saturated carbocycles. The molecule has 0 atom stereocenters. The van der Waals surface area contributed by atoms with Crippen LogP contribution in [0.2, 0.25) is 5.02 Å². The lowest BCUT2D eigenvalue weighted by Crippen LogP contribution is -2.26. The summed E-state index contributed by atoms with van der Waals surface area (Å²) in [6.45, 7) is 1.11. The van der Waals surface area contributed by atoms with E-state index in [0.29, 0.717) is 18.7 Å². The summed E-state index contributed by atoms with van der Waals surface area (Å²) < 4.78 is 12.9. The van der Waals surface area contributed by atoms with Crippen molar-refractivity contribution in [1.29, 1.82) is 0 Å². The first kappa shape index (κ1) is 10.4. The molecular weight excluding hydrogens is 221 g/mol.